The number of halogens is 3. The van der Waals surface area contributed by atoms with E-state index in [1.165, 1.54) is 18.2 Å². The first-order chi connectivity index (χ1) is 11.9. The predicted octanol–water partition coefficient (Wildman–Crippen LogP) is 1.92. The number of hydrogen-bond acceptors (Lipinski definition) is 3. The Morgan fingerprint density at radius 1 is 1.28 bits per heavy atom. The van der Waals surface area contributed by atoms with Gasteiger partial charge in [-0.05, 0) is 25.8 Å². The van der Waals surface area contributed by atoms with Crippen molar-refractivity contribution < 1.29 is 22.7 Å². The van der Waals surface area contributed by atoms with Crippen molar-refractivity contribution in [3.05, 3.63) is 29.8 Å². The number of alkyl halides is 3. The van der Waals surface area contributed by atoms with Crippen molar-refractivity contribution >= 4 is 11.9 Å². The van der Waals surface area contributed by atoms with E-state index in [0.717, 1.165) is 12.8 Å². The van der Waals surface area contributed by atoms with Crippen LogP contribution in [0.4, 0.5) is 13.2 Å². The first-order valence-corrected chi connectivity index (χ1v) is 8.02. The fourth-order valence-corrected chi connectivity index (χ4v) is 2.04. The maximum Gasteiger partial charge on any atom is 0.573 e. The number of guanidine groups is 1. The van der Waals surface area contributed by atoms with E-state index in [9.17, 15) is 18.0 Å². The Kier molecular flexibility index (Phi) is 6.49. The zero-order valence-electron chi connectivity index (χ0n) is 13.8. The molecule has 6 nitrogen and oxygen atoms in total. The summed E-state index contributed by atoms with van der Waals surface area (Å²) in [6.45, 7) is 2.42. The minimum absolute atomic E-state index is 0.0220. The number of ether oxygens (including phenoxy) is 1. The number of rotatable bonds is 7. The van der Waals surface area contributed by atoms with E-state index in [4.69, 9.17) is 0 Å². The third-order valence-electron chi connectivity index (χ3n) is 3.31. The van der Waals surface area contributed by atoms with Gasteiger partial charge in [0.2, 0.25) is 5.91 Å². The summed E-state index contributed by atoms with van der Waals surface area (Å²) in [6, 6.07) is 6.08. The maximum absolute atomic E-state index is 12.4. The fourth-order valence-electron chi connectivity index (χ4n) is 2.04. The number of carbonyl (C=O) groups excluding carboxylic acids is 1. The van der Waals surface area contributed by atoms with Crippen molar-refractivity contribution in [2.75, 3.05) is 13.1 Å². The summed E-state index contributed by atoms with van der Waals surface area (Å²) in [5.41, 5.74) is 0.291. The van der Waals surface area contributed by atoms with E-state index >= 15 is 0 Å². The topological polar surface area (TPSA) is 74.8 Å². The van der Waals surface area contributed by atoms with E-state index in [2.05, 4.69) is 25.7 Å². The summed E-state index contributed by atoms with van der Waals surface area (Å²) in [6.07, 6.45) is -2.77. The highest BCUT2D eigenvalue weighted by molar-refractivity contribution is 5.86. The van der Waals surface area contributed by atoms with Crippen molar-refractivity contribution in [1.82, 2.24) is 16.0 Å². The van der Waals surface area contributed by atoms with Crippen LogP contribution < -0.4 is 20.7 Å². The normalized spacial score (nSPS) is 14.8. The molecule has 3 N–H and O–H groups in total. The van der Waals surface area contributed by atoms with Gasteiger partial charge in [-0.3, -0.25) is 4.79 Å². The summed E-state index contributed by atoms with van der Waals surface area (Å²) in [5.74, 6) is -0.0924. The Morgan fingerprint density at radius 3 is 2.64 bits per heavy atom. The number of nitrogens with zero attached hydrogens (tertiary/aromatic N) is 1. The summed E-state index contributed by atoms with van der Waals surface area (Å²) in [4.78, 5) is 15.9. The molecular formula is C16H21F3N4O2. The lowest BCUT2D eigenvalue weighted by atomic mass is 10.2. The minimum Gasteiger partial charge on any atom is -0.405 e. The van der Waals surface area contributed by atoms with Crippen molar-refractivity contribution in [2.24, 2.45) is 4.99 Å². The molecule has 0 spiro atoms. The zero-order chi connectivity index (χ0) is 18.3. The second-order valence-electron chi connectivity index (χ2n) is 5.55. The maximum atomic E-state index is 12.4. The van der Waals surface area contributed by atoms with Gasteiger partial charge in [0.25, 0.3) is 0 Å². The number of hydrogen-bond donors (Lipinski definition) is 3. The Labute approximate surface area is 143 Å². The molecule has 138 valence electrons. The average Bonchev–Trinajstić information content (AvgIpc) is 3.34. The van der Waals surface area contributed by atoms with Gasteiger partial charge in [-0.15, -0.1) is 13.2 Å². The van der Waals surface area contributed by atoms with Crippen LogP contribution in [-0.4, -0.2) is 37.4 Å². The second kappa shape index (κ2) is 8.59. The SMILES string of the molecule is CCNC(=NCc1ccccc1OC(F)(F)F)NCC(=O)NC1CC1. The van der Waals surface area contributed by atoms with Gasteiger partial charge in [0.15, 0.2) is 5.96 Å². The lowest BCUT2D eigenvalue weighted by molar-refractivity contribution is -0.274. The molecule has 1 aromatic carbocycles. The predicted molar refractivity (Wildman–Crippen MR) is 87.1 cm³/mol. The summed E-state index contributed by atoms with van der Waals surface area (Å²) < 4.78 is 41.3. The molecule has 1 aliphatic rings. The van der Waals surface area contributed by atoms with Crippen LogP contribution in [0, 0.1) is 0 Å². The molecule has 0 unspecified atom stereocenters. The average molecular weight is 358 g/mol. The van der Waals surface area contributed by atoms with Crippen LogP contribution in [0.15, 0.2) is 29.3 Å². The van der Waals surface area contributed by atoms with Crippen LogP contribution in [0.3, 0.4) is 0 Å². The van der Waals surface area contributed by atoms with Crippen LogP contribution in [-0.2, 0) is 11.3 Å². The number of aliphatic imine (C=N–C) groups is 1. The molecule has 0 radical (unpaired) electrons. The first-order valence-electron chi connectivity index (χ1n) is 8.02. The second-order valence-corrected chi connectivity index (χ2v) is 5.55. The number of nitrogens with one attached hydrogen (secondary N) is 3. The van der Waals surface area contributed by atoms with Crippen LogP contribution in [0.2, 0.25) is 0 Å². The van der Waals surface area contributed by atoms with Crippen LogP contribution in [0.5, 0.6) is 5.75 Å². The van der Waals surface area contributed by atoms with Gasteiger partial charge in [0, 0.05) is 18.2 Å². The highest BCUT2D eigenvalue weighted by Gasteiger charge is 2.31. The molecule has 1 saturated carbocycles. The van der Waals surface area contributed by atoms with Gasteiger partial charge in [-0.2, -0.15) is 0 Å². The van der Waals surface area contributed by atoms with E-state index in [1.54, 1.807) is 6.07 Å². The third-order valence-corrected chi connectivity index (χ3v) is 3.31. The molecule has 0 saturated heterocycles. The lowest BCUT2D eigenvalue weighted by Crippen LogP contribution is -2.43. The number of para-hydroxylation sites is 1. The number of amides is 1. The molecule has 1 aliphatic carbocycles. The van der Waals surface area contributed by atoms with Gasteiger partial charge in [-0.25, -0.2) is 4.99 Å². The molecule has 9 heteroatoms. The van der Waals surface area contributed by atoms with Crippen LogP contribution in [0.25, 0.3) is 0 Å². The quantitative estimate of drug-likeness (QED) is 0.514. The first kappa shape index (κ1) is 18.9. The Morgan fingerprint density at radius 2 is 2.00 bits per heavy atom. The van der Waals surface area contributed by atoms with Gasteiger partial charge < -0.3 is 20.7 Å². The van der Waals surface area contributed by atoms with E-state index in [1.807, 2.05) is 6.92 Å². The molecule has 1 fully saturated rings. The molecule has 0 atom stereocenters. The van der Waals surface area contributed by atoms with Gasteiger partial charge >= 0.3 is 6.36 Å². The molecule has 0 aliphatic heterocycles. The Bertz CT molecular complexity index is 616. The van der Waals surface area contributed by atoms with Crippen molar-refractivity contribution in [3.63, 3.8) is 0 Å². The molecule has 0 aromatic heterocycles. The minimum atomic E-state index is -4.76. The van der Waals surface area contributed by atoms with Crippen molar-refractivity contribution in [2.45, 2.75) is 38.7 Å². The third kappa shape index (κ3) is 7.32. The van der Waals surface area contributed by atoms with Crippen LogP contribution >= 0.6 is 0 Å². The van der Waals surface area contributed by atoms with Gasteiger partial charge in [-0.1, -0.05) is 18.2 Å². The van der Waals surface area contributed by atoms with E-state index < -0.39 is 6.36 Å². The molecule has 1 aromatic rings. The van der Waals surface area contributed by atoms with E-state index in [0.29, 0.717) is 18.1 Å². The molecule has 2 rings (SSSR count). The fraction of sp³-hybridized carbons (Fsp3) is 0.500. The van der Waals surface area contributed by atoms with Crippen LogP contribution in [0.1, 0.15) is 25.3 Å². The summed E-state index contributed by atoms with van der Waals surface area (Å²) in [7, 11) is 0. The zero-order valence-corrected chi connectivity index (χ0v) is 13.8. The van der Waals surface area contributed by atoms with Gasteiger partial charge in [0.05, 0.1) is 13.1 Å². The number of benzene rings is 1. The van der Waals surface area contributed by atoms with Crippen molar-refractivity contribution in [1.29, 1.82) is 0 Å². The van der Waals surface area contributed by atoms with Crippen molar-refractivity contribution in [3.8, 4) is 5.75 Å². The van der Waals surface area contributed by atoms with E-state index in [-0.39, 0.29) is 30.8 Å². The highest BCUT2D eigenvalue weighted by Crippen LogP contribution is 2.26. The standard InChI is InChI=1S/C16H21F3N4O2/c1-2-20-15(22-10-14(24)23-12-7-8-12)21-9-11-5-3-4-6-13(11)25-16(17,18)19/h3-6,12H,2,7-10H2,1H3,(H,23,24)(H2,20,21,22). The summed E-state index contributed by atoms with van der Waals surface area (Å²) >= 11 is 0. The Balaban J connectivity index is 1.96. The molecule has 0 bridgehead atoms. The smallest absolute Gasteiger partial charge is 0.405 e. The molecule has 0 heterocycles. The Hall–Kier alpha value is -2.45. The highest BCUT2D eigenvalue weighted by atomic mass is 19.4. The van der Waals surface area contributed by atoms with Gasteiger partial charge in [0.1, 0.15) is 5.75 Å². The summed E-state index contributed by atoms with van der Waals surface area (Å²) in [5, 5.41) is 8.63. The largest absolute Gasteiger partial charge is 0.573 e. The monoisotopic (exact) mass is 358 g/mol. The molecule has 1 amide bonds. The molecule has 25 heavy (non-hydrogen) atoms. The lowest BCUT2D eigenvalue weighted by Gasteiger charge is -2.14. The molecular weight excluding hydrogens is 337 g/mol. The number of carbonyl (C=O) groups is 1.